The number of fused-ring (bicyclic) bond motifs is 1. The summed E-state index contributed by atoms with van der Waals surface area (Å²) in [7, 11) is 0. The predicted molar refractivity (Wildman–Crippen MR) is 102 cm³/mol. The Bertz CT molecular complexity index is 943. The maximum absolute atomic E-state index is 13.1. The molecule has 144 valence electrons. The van der Waals surface area contributed by atoms with E-state index in [0.717, 1.165) is 10.4 Å². The van der Waals surface area contributed by atoms with Crippen LogP contribution in [-0.2, 0) is 27.4 Å². The smallest absolute Gasteiger partial charge is 0.230 e. The summed E-state index contributed by atoms with van der Waals surface area (Å²) in [5.74, 6) is -1.56. The van der Waals surface area contributed by atoms with Gasteiger partial charge in [0.05, 0.1) is 31.0 Å². The van der Waals surface area contributed by atoms with Gasteiger partial charge in [-0.25, -0.2) is 4.39 Å². The Balaban J connectivity index is 1.32. The van der Waals surface area contributed by atoms with Crippen molar-refractivity contribution in [3.8, 4) is 0 Å². The number of carbonyl (C=O) groups is 2. The average Bonchev–Trinajstić information content (AvgIpc) is 3.45. The topological polar surface area (TPSA) is 58.6 Å². The second-order valence-corrected chi connectivity index (χ2v) is 8.55. The van der Waals surface area contributed by atoms with Crippen molar-refractivity contribution in [2.24, 2.45) is 11.8 Å². The molecule has 2 fully saturated rings. The Morgan fingerprint density at radius 1 is 1.32 bits per heavy atom. The van der Waals surface area contributed by atoms with Gasteiger partial charge in [-0.1, -0.05) is 30.4 Å². The quantitative estimate of drug-likeness (QED) is 0.788. The molecule has 3 aliphatic heterocycles. The summed E-state index contributed by atoms with van der Waals surface area (Å²) in [6.45, 7) is 1.31. The van der Waals surface area contributed by atoms with Gasteiger partial charge < -0.3 is 15.0 Å². The fraction of sp³-hybridized carbons (Fsp3) is 0.333. The van der Waals surface area contributed by atoms with Gasteiger partial charge in [-0.2, -0.15) is 0 Å². The van der Waals surface area contributed by atoms with Crippen LogP contribution in [0.3, 0.4) is 0 Å². The van der Waals surface area contributed by atoms with Crippen LogP contribution in [0.15, 0.2) is 53.9 Å². The zero-order valence-corrected chi connectivity index (χ0v) is 15.8. The third-order valence-electron chi connectivity index (χ3n) is 5.79. The summed E-state index contributed by atoms with van der Waals surface area (Å²) in [5, 5.41) is 4.88. The van der Waals surface area contributed by atoms with Gasteiger partial charge in [0.15, 0.2) is 0 Å². The summed E-state index contributed by atoms with van der Waals surface area (Å²) < 4.78 is 19.2. The zero-order valence-electron chi connectivity index (χ0n) is 15.0. The largest absolute Gasteiger partial charge is 0.360 e. The van der Waals surface area contributed by atoms with E-state index < -0.39 is 17.4 Å². The Hall–Kier alpha value is -2.51. The van der Waals surface area contributed by atoms with Crippen LogP contribution < -0.4 is 5.32 Å². The van der Waals surface area contributed by atoms with E-state index in [9.17, 15) is 14.0 Å². The minimum Gasteiger partial charge on any atom is -0.360 e. The number of likely N-dealkylation sites (tertiary alicyclic amines) is 1. The molecule has 3 aliphatic rings. The Morgan fingerprint density at radius 2 is 2.14 bits per heavy atom. The van der Waals surface area contributed by atoms with Crippen molar-refractivity contribution in [2.45, 2.75) is 24.8 Å². The molecule has 5 nitrogen and oxygen atoms in total. The number of amides is 2. The fourth-order valence-electron chi connectivity index (χ4n) is 4.51. The van der Waals surface area contributed by atoms with Crippen LogP contribution in [0.1, 0.15) is 10.4 Å². The summed E-state index contributed by atoms with van der Waals surface area (Å²) in [6, 6.07) is 9.97. The molecule has 7 heteroatoms. The van der Waals surface area contributed by atoms with Gasteiger partial charge in [0.2, 0.25) is 11.8 Å². The summed E-state index contributed by atoms with van der Waals surface area (Å²) in [4.78, 5) is 28.9. The third-order valence-corrected chi connectivity index (χ3v) is 6.65. The molecule has 1 aromatic heterocycles. The monoisotopic (exact) mass is 398 g/mol. The first kappa shape index (κ1) is 17.6. The molecule has 2 amide bonds. The van der Waals surface area contributed by atoms with Gasteiger partial charge in [-0.3, -0.25) is 9.59 Å². The molecule has 28 heavy (non-hydrogen) atoms. The molecule has 1 aromatic carbocycles. The molecule has 0 aliphatic carbocycles. The third kappa shape index (κ3) is 2.77. The highest BCUT2D eigenvalue weighted by Gasteiger charge is 2.66. The van der Waals surface area contributed by atoms with Crippen LogP contribution in [0.5, 0.6) is 0 Å². The molecule has 1 N–H and O–H groups in total. The highest BCUT2D eigenvalue weighted by molar-refractivity contribution is 7.09. The van der Waals surface area contributed by atoms with Crippen molar-refractivity contribution in [3.05, 3.63) is 70.2 Å². The standard InChI is InChI=1S/C21H19FN2O3S/c22-14-5-3-13(4-6-14)10-23-19(25)17-16-7-8-21(27-16)12-24(20(26)18(17)21)11-15-2-1-9-28-15/h1-9,16-18H,10-12H2,(H,23,25)/t16-,17-,18-,21+/m0/s1. The normalized spacial score (nSPS) is 30.1. The van der Waals surface area contributed by atoms with Crippen LogP contribution in [-0.4, -0.2) is 35.0 Å². The van der Waals surface area contributed by atoms with Crippen molar-refractivity contribution in [1.29, 1.82) is 0 Å². The van der Waals surface area contributed by atoms with E-state index in [4.69, 9.17) is 4.74 Å². The van der Waals surface area contributed by atoms with Gasteiger partial charge in [0, 0.05) is 11.4 Å². The second-order valence-electron chi connectivity index (χ2n) is 7.52. The highest BCUT2D eigenvalue weighted by atomic mass is 32.1. The summed E-state index contributed by atoms with van der Waals surface area (Å²) in [5.41, 5.74) is 0.109. The van der Waals surface area contributed by atoms with Gasteiger partial charge in [0.1, 0.15) is 11.4 Å². The van der Waals surface area contributed by atoms with Crippen LogP contribution in [0.2, 0.25) is 0 Å². The van der Waals surface area contributed by atoms with Crippen molar-refractivity contribution in [1.82, 2.24) is 10.2 Å². The summed E-state index contributed by atoms with van der Waals surface area (Å²) >= 11 is 1.61. The molecule has 0 radical (unpaired) electrons. The van der Waals surface area contributed by atoms with E-state index in [-0.39, 0.29) is 23.7 Å². The van der Waals surface area contributed by atoms with Crippen LogP contribution in [0.4, 0.5) is 4.39 Å². The second kappa shape index (κ2) is 6.53. The van der Waals surface area contributed by atoms with Crippen LogP contribution in [0.25, 0.3) is 0 Å². The van der Waals surface area contributed by atoms with E-state index >= 15 is 0 Å². The molecule has 4 atom stereocenters. The molecule has 0 unspecified atom stereocenters. The molecule has 2 bridgehead atoms. The minimum atomic E-state index is -0.698. The van der Waals surface area contributed by atoms with Crippen molar-refractivity contribution < 1.29 is 18.7 Å². The van der Waals surface area contributed by atoms with E-state index in [1.165, 1.54) is 12.1 Å². The first-order chi connectivity index (χ1) is 13.6. The zero-order chi connectivity index (χ0) is 19.3. The number of thiophene rings is 1. The lowest BCUT2D eigenvalue weighted by atomic mass is 9.77. The van der Waals surface area contributed by atoms with E-state index in [1.807, 2.05) is 29.7 Å². The number of rotatable bonds is 5. The number of benzene rings is 1. The van der Waals surface area contributed by atoms with E-state index in [0.29, 0.717) is 19.6 Å². The Labute approximate surface area is 165 Å². The average molecular weight is 398 g/mol. The molecule has 5 rings (SSSR count). The maximum Gasteiger partial charge on any atom is 0.230 e. The number of ether oxygens (including phenoxy) is 1. The van der Waals surface area contributed by atoms with Gasteiger partial charge in [0.25, 0.3) is 0 Å². The highest BCUT2D eigenvalue weighted by Crippen LogP contribution is 2.52. The Kier molecular flexibility index (Phi) is 4.10. The van der Waals surface area contributed by atoms with Gasteiger partial charge >= 0.3 is 0 Å². The van der Waals surface area contributed by atoms with Crippen molar-refractivity contribution in [3.63, 3.8) is 0 Å². The number of nitrogens with one attached hydrogen (secondary N) is 1. The molecule has 4 heterocycles. The van der Waals surface area contributed by atoms with E-state index in [2.05, 4.69) is 5.32 Å². The maximum atomic E-state index is 13.1. The summed E-state index contributed by atoms with van der Waals surface area (Å²) in [6.07, 6.45) is 3.49. The van der Waals surface area contributed by atoms with Crippen LogP contribution >= 0.6 is 11.3 Å². The predicted octanol–water partition coefficient (Wildman–Crippen LogP) is 2.49. The lowest BCUT2D eigenvalue weighted by Crippen LogP contribution is -2.43. The molecular formula is C21H19FN2O3S. The molecular weight excluding hydrogens is 379 g/mol. The SMILES string of the molecule is O=C(NCc1ccc(F)cc1)[C@H]1[C@@H]2C=C[C@]3(CN(Cc4cccs4)C(=O)[C@H]13)O2. The van der Waals surface area contributed by atoms with Gasteiger partial charge in [-0.05, 0) is 29.1 Å². The molecule has 2 aromatic rings. The Morgan fingerprint density at radius 3 is 2.89 bits per heavy atom. The molecule has 2 saturated heterocycles. The van der Waals surface area contributed by atoms with E-state index in [1.54, 1.807) is 28.4 Å². The number of hydrogen-bond acceptors (Lipinski definition) is 4. The minimum absolute atomic E-state index is 0.0258. The van der Waals surface area contributed by atoms with Gasteiger partial charge in [-0.15, -0.1) is 11.3 Å². The number of carbonyl (C=O) groups excluding carboxylic acids is 2. The van der Waals surface area contributed by atoms with Crippen molar-refractivity contribution >= 4 is 23.2 Å². The first-order valence-corrected chi connectivity index (χ1v) is 10.1. The number of hydrogen-bond donors (Lipinski definition) is 1. The first-order valence-electron chi connectivity index (χ1n) is 9.26. The number of halogens is 1. The molecule has 0 saturated carbocycles. The number of nitrogens with zero attached hydrogens (tertiary/aromatic N) is 1. The lowest BCUT2D eigenvalue weighted by molar-refractivity contribution is -0.137. The fourth-order valence-corrected chi connectivity index (χ4v) is 5.23. The lowest BCUT2D eigenvalue weighted by Gasteiger charge is -2.23. The van der Waals surface area contributed by atoms with Crippen molar-refractivity contribution in [2.75, 3.05) is 6.54 Å². The molecule has 1 spiro atoms. The van der Waals surface area contributed by atoms with Crippen LogP contribution in [0, 0.1) is 17.7 Å².